The molecule has 0 spiro atoms. The highest BCUT2D eigenvalue weighted by Crippen LogP contribution is 2.31. The van der Waals surface area contributed by atoms with Crippen LogP contribution in [0.15, 0.2) is 33.5 Å². The van der Waals surface area contributed by atoms with Crippen molar-refractivity contribution in [3.63, 3.8) is 0 Å². The highest BCUT2D eigenvalue weighted by molar-refractivity contribution is 5.80. The van der Waals surface area contributed by atoms with Crippen LogP contribution in [-0.2, 0) is 0 Å². The van der Waals surface area contributed by atoms with Gasteiger partial charge in [-0.05, 0) is 26.2 Å². The third-order valence-corrected chi connectivity index (χ3v) is 2.70. The fourth-order valence-electron chi connectivity index (χ4n) is 1.69. The first kappa shape index (κ1) is 13.4. The van der Waals surface area contributed by atoms with E-state index in [1.54, 1.807) is 25.3 Å². The summed E-state index contributed by atoms with van der Waals surface area (Å²) in [6.45, 7) is 1.33. The molecule has 0 aliphatic carbocycles. The smallest absolute Gasteiger partial charge is 0.336 e. The van der Waals surface area contributed by atoms with Crippen molar-refractivity contribution >= 4 is 11.0 Å². The Kier molecular flexibility index (Phi) is 4.06. The van der Waals surface area contributed by atoms with Crippen molar-refractivity contribution in [3.8, 4) is 11.5 Å². The van der Waals surface area contributed by atoms with Gasteiger partial charge in [0.15, 0.2) is 11.5 Å². The normalized spacial score (nSPS) is 10.9. The van der Waals surface area contributed by atoms with Gasteiger partial charge in [-0.15, -0.1) is 0 Å². The summed E-state index contributed by atoms with van der Waals surface area (Å²) in [5.74, 6) is 1.20. The van der Waals surface area contributed by atoms with Gasteiger partial charge >= 0.3 is 5.63 Å². The van der Waals surface area contributed by atoms with Crippen LogP contribution in [0.3, 0.4) is 0 Å². The van der Waals surface area contributed by atoms with Crippen LogP contribution in [0.4, 0.5) is 0 Å². The molecule has 2 aromatic rings. The molecule has 102 valence electrons. The van der Waals surface area contributed by atoms with Crippen LogP contribution in [0.5, 0.6) is 11.5 Å². The number of rotatable bonds is 5. The van der Waals surface area contributed by atoms with E-state index in [2.05, 4.69) is 0 Å². The molecule has 0 radical (unpaired) electrons. The maximum atomic E-state index is 11.2. The Morgan fingerprint density at radius 3 is 2.68 bits per heavy atom. The molecule has 1 aromatic heterocycles. The summed E-state index contributed by atoms with van der Waals surface area (Å²) >= 11 is 0. The number of hydrogen-bond acceptors (Lipinski definition) is 5. The number of hydrogen-bond donors (Lipinski definition) is 0. The Hall–Kier alpha value is -2.01. The quantitative estimate of drug-likeness (QED) is 0.769. The Labute approximate surface area is 111 Å². The minimum Gasteiger partial charge on any atom is -0.493 e. The zero-order valence-corrected chi connectivity index (χ0v) is 11.3. The first-order valence-electron chi connectivity index (χ1n) is 5.99. The maximum Gasteiger partial charge on any atom is 0.336 e. The number of ether oxygens (including phenoxy) is 2. The molecule has 0 unspecified atom stereocenters. The fourth-order valence-corrected chi connectivity index (χ4v) is 1.69. The molecule has 1 heterocycles. The molecule has 0 bridgehead atoms. The number of likely N-dealkylation sites (N-methyl/N-ethyl adjacent to an activating group) is 1. The predicted molar refractivity (Wildman–Crippen MR) is 73.1 cm³/mol. The van der Waals surface area contributed by atoms with Crippen molar-refractivity contribution in [2.24, 2.45) is 0 Å². The summed E-state index contributed by atoms with van der Waals surface area (Å²) in [6, 6.07) is 6.57. The fraction of sp³-hybridized carbons (Fsp3) is 0.357. The second kappa shape index (κ2) is 5.75. The second-order valence-electron chi connectivity index (χ2n) is 4.45. The summed E-state index contributed by atoms with van der Waals surface area (Å²) < 4.78 is 16.1. The van der Waals surface area contributed by atoms with Crippen LogP contribution in [0.2, 0.25) is 0 Å². The van der Waals surface area contributed by atoms with Crippen molar-refractivity contribution in [2.45, 2.75) is 0 Å². The molecular weight excluding hydrogens is 246 g/mol. The van der Waals surface area contributed by atoms with E-state index in [-0.39, 0.29) is 5.63 Å². The molecule has 1 aromatic carbocycles. The molecule has 19 heavy (non-hydrogen) atoms. The zero-order valence-electron chi connectivity index (χ0n) is 11.3. The molecule has 0 fully saturated rings. The lowest BCUT2D eigenvalue weighted by Gasteiger charge is -2.13. The second-order valence-corrected chi connectivity index (χ2v) is 4.45. The van der Waals surface area contributed by atoms with Gasteiger partial charge in [-0.3, -0.25) is 0 Å². The monoisotopic (exact) mass is 263 g/mol. The van der Waals surface area contributed by atoms with Crippen molar-refractivity contribution in [3.05, 3.63) is 34.7 Å². The Morgan fingerprint density at radius 1 is 1.21 bits per heavy atom. The van der Waals surface area contributed by atoms with Gasteiger partial charge in [-0.2, -0.15) is 0 Å². The van der Waals surface area contributed by atoms with Crippen LogP contribution < -0.4 is 15.1 Å². The highest BCUT2D eigenvalue weighted by atomic mass is 16.5. The lowest BCUT2D eigenvalue weighted by Crippen LogP contribution is -2.19. The third kappa shape index (κ3) is 3.26. The molecule has 5 heteroatoms. The Bertz CT molecular complexity index is 618. The van der Waals surface area contributed by atoms with Crippen LogP contribution in [-0.4, -0.2) is 39.3 Å². The summed E-state index contributed by atoms with van der Waals surface area (Å²) in [6.07, 6.45) is 0. The molecule has 0 aliphatic heterocycles. The van der Waals surface area contributed by atoms with E-state index in [9.17, 15) is 4.79 Å². The summed E-state index contributed by atoms with van der Waals surface area (Å²) in [4.78, 5) is 13.2. The minimum absolute atomic E-state index is 0.378. The molecule has 5 nitrogen and oxygen atoms in total. The highest BCUT2D eigenvalue weighted by Gasteiger charge is 2.08. The van der Waals surface area contributed by atoms with Gasteiger partial charge in [0.05, 0.1) is 7.11 Å². The van der Waals surface area contributed by atoms with Gasteiger partial charge in [0.2, 0.25) is 0 Å². The van der Waals surface area contributed by atoms with Crippen LogP contribution in [0.1, 0.15) is 0 Å². The summed E-state index contributed by atoms with van der Waals surface area (Å²) in [7, 11) is 5.53. The molecule has 2 rings (SSSR count). The van der Waals surface area contributed by atoms with Crippen molar-refractivity contribution in [2.75, 3.05) is 34.4 Å². The lowest BCUT2D eigenvalue weighted by molar-refractivity contribution is 0.251. The topological polar surface area (TPSA) is 51.9 Å². The van der Waals surface area contributed by atoms with Crippen LogP contribution in [0.25, 0.3) is 11.0 Å². The summed E-state index contributed by atoms with van der Waals surface area (Å²) in [5, 5.41) is 0.802. The zero-order chi connectivity index (χ0) is 13.8. The van der Waals surface area contributed by atoms with Gasteiger partial charge in [0.25, 0.3) is 0 Å². The lowest BCUT2D eigenvalue weighted by atomic mass is 10.2. The standard InChI is InChI=1S/C14H17NO4/c1-15(2)6-7-18-13-9-11-10(8-12(13)17-3)4-5-14(16)19-11/h4-5,8-9H,6-7H2,1-3H3. The van der Waals surface area contributed by atoms with E-state index in [1.165, 1.54) is 6.07 Å². The first-order valence-corrected chi connectivity index (χ1v) is 5.99. The average molecular weight is 263 g/mol. The first-order chi connectivity index (χ1) is 9.10. The van der Waals surface area contributed by atoms with Gasteiger partial charge in [-0.1, -0.05) is 0 Å². The molecular formula is C14H17NO4. The van der Waals surface area contributed by atoms with Gasteiger partial charge < -0.3 is 18.8 Å². The predicted octanol–water partition coefficient (Wildman–Crippen LogP) is 1.74. The molecule has 0 N–H and O–H groups in total. The molecule has 0 saturated carbocycles. The van der Waals surface area contributed by atoms with Crippen molar-refractivity contribution < 1.29 is 13.9 Å². The van der Waals surface area contributed by atoms with Crippen molar-refractivity contribution in [1.82, 2.24) is 4.90 Å². The van der Waals surface area contributed by atoms with Gasteiger partial charge in [0.1, 0.15) is 12.2 Å². The maximum absolute atomic E-state index is 11.2. The molecule has 0 aliphatic rings. The number of fused-ring (bicyclic) bond motifs is 1. The summed E-state index contributed by atoms with van der Waals surface area (Å²) in [5.41, 5.74) is 0.116. The van der Waals surface area contributed by atoms with Crippen LogP contribution in [0, 0.1) is 0 Å². The number of methoxy groups -OCH3 is 1. The molecule has 0 amide bonds. The SMILES string of the molecule is COc1cc2ccc(=O)oc2cc1OCCN(C)C. The van der Waals surface area contributed by atoms with E-state index >= 15 is 0 Å². The average Bonchev–Trinajstić information content (AvgIpc) is 2.37. The minimum atomic E-state index is -0.378. The Balaban J connectivity index is 2.32. The van der Waals surface area contributed by atoms with E-state index in [4.69, 9.17) is 13.9 Å². The van der Waals surface area contributed by atoms with E-state index < -0.39 is 0 Å². The third-order valence-electron chi connectivity index (χ3n) is 2.70. The van der Waals surface area contributed by atoms with Gasteiger partial charge in [-0.25, -0.2) is 4.79 Å². The largest absolute Gasteiger partial charge is 0.493 e. The van der Waals surface area contributed by atoms with Crippen molar-refractivity contribution in [1.29, 1.82) is 0 Å². The number of nitrogens with zero attached hydrogens (tertiary/aromatic N) is 1. The van der Waals surface area contributed by atoms with Crippen LogP contribution >= 0.6 is 0 Å². The Morgan fingerprint density at radius 2 is 2.00 bits per heavy atom. The number of benzene rings is 1. The molecule has 0 saturated heterocycles. The molecule has 0 atom stereocenters. The van der Waals surface area contributed by atoms with E-state index in [0.717, 1.165) is 11.9 Å². The van der Waals surface area contributed by atoms with E-state index in [1.807, 2.05) is 19.0 Å². The van der Waals surface area contributed by atoms with E-state index in [0.29, 0.717) is 23.7 Å². The van der Waals surface area contributed by atoms with Gasteiger partial charge in [0, 0.05) is 24.1 Å².